The molecule has 0 aromatic rings. The second kappa shape index (κ2) is 6.27. The Balaban J connectivity index is 2.13. The molecule has 0 saturated carbocycles. The van der Waals surface area contributed by atoms with Gasteiger partial charge in [0, 0.05) is 31.3 Å². The second-order valence-electron chi connectivity index (χ2n) is 5.49. The first-order valence-electron chi connectivity index (χ1n) is 7.06. The van der Waals surface area contributed by atoms with Crippen LogP contribution < -0.4 is 0 Å². The molecule has 0 unspecified atom stereocenters. The number of rotatable bonds is 6. The van der Waals surface area contributed by atoms with Crippen LogP contribution in [-0.2, 0) is 9.47 Å². The molecule has 2 rings (SSSR count). The van der Waals surface area contributed by atoms with Gasteiger partial charge >= 0.3 is 0 Å². The minimum absolute atomic E-state index is 0.565. The Morgan fingerprint density at radius 1 is 1.30 bits per heavy atom. The molecule has 0 aromatic carbocycles. The third-order valence-corrected chi connectivity index (χ3v) is 4.02. The van der Waals surface area contributed by atoms with E-state index in [9.17, 15) is 0 Å². The zero-order valence-corrected chi connectivity index (χ0v) is 13.1. The lowest BCUT2D eigenvalue weighted by Crippen LogP contribution is -2.27. The molecule has 0 saturated heterocycles. The van der Waals surface area contributed by atoms with Gasteiger partial charge in [-0.1, -0.05) is 0 Å². The molecule has 0 bridgehead atoms. The number of fused-ring (bicyclic) bond motifs is 1. The van der Waals surface area contributed by atoms with Crippen molar-refractivity contribution in [3.8, 4) is 0 Å². The molecular weight excluding hydrogens is 252 g/mol. The summed E-state index contributed by atoms with van der Waals surface area (Å²) in [5, 5.41) is 0. The van der Waals surface area contributed by atoms with Gasteiger partial charge in [-0.25, -0.2) is 0 Å². The van der Waals surface area contributed by atoms with Crippen LogP contribution in [0.1, 0.15) is 26.7 Å². The van der Waals surface area contributed by atoms with E-state index in [4.69, 9.17) is 9.47 Å². The van der Waals surface area contributed by atoms with Gasteiger partial charge in [-0.3, -0.25) is 4.99 Å². The summed E-state index contributed by atoms with van der Waals surface area (Å²) in [7, 11) is 5.51. The lowest BCUT2D eigenvalue weighted by molar-refractivity contribution is 0.223. The number of hydrogen-bond donors (Lipinski definition) is 0. The van der Waals surface area contributed by atoms with Crippen LogP contribution in [0, 0.1) is 0 Å². The fraction of sp³-hybridized carbons (Fsp3) is 0.562. The van der Waals surface area contributed by atoms with Crippen LogP contribution in [0.25, 0.3) is 0 Å². The molecule has 1 aliphatic heterocycles. The molecule has 110 valence electrons. The first-order valence-corrected chi connectivity index (χ1v) is 7.06. The van der Waals surface area contributed by atoms with Crippen LogP contribution in [-0.4, -0.2) is 45.0 Å². The SMILES string of the molecule is COC1=C(OC)CC2=C(CCN(C)C(C)C)C=NC2=C1. The predicted octanol–water partition coefficient (Wildman–Crippen LogP) is 2.89. The smallest absolute Gasteiger partial charge is 0.158 e. The zero-order chi connectivity index (χ0) is 14.7. The monoisotopic (exact) mass is 276 g/mol. The van der Waals surface area contributed by atoms with E-state index >= 15 is 0 Å². The molecule has 0 fully saturated rings. The van der Waals surface area contributed by atoms with Gasteiger partial charge in [-0.05, 0) is 38.5 Å². The van der Waals surface area contributed by atoms with Crippen molar-refractivity contribution in [2.24, 2.45) is 4.99 Å². The van der Waals surface area contributed by atoms with Crippen LogP contribution in [0.5, 0.6) is 0 Å². The Kier molecular flexibility index (Phi) is 4.65. The Labute approximate surface area is 121 Å². The van der Waals surface area contributed by atoms with Crippen molar-refractivity contribution in [3.63, 3.8) is 0 Å². The number of allylic oxidation sites excluding steroid dienone is 3. The average molecular weight is 276 g/mol. The maximum absolute atomic E-state index is 5.42. The Hall–Kier alpha value is -1.55. The Morgan fingerprint density at radius 2 is 2.05 bits per heavy atom. The molecule has 4 nitrogen and oxygen atoms in total. The van der Waals surface area contributed by atoms with E-state index in [1.165, 1.54) is 11.1 Å². The Morgan fingerprint density at radius 3 is 2.65 bits per heavy atom. The number of hydrogen-bond acceptors (Lipinski definition) is 4. The Bertz CT molecular complexity index is 499. The summed E-state index contributed by atoms with van der Waals surface area (Å²) in [6, 6.07) is 0.565. The van der Waals surface area contributed by atoms with Gasteiger partial charge in [0.1, 0.15) is 5.76 Å². The van der Waals surface area contributed by atoms with Gasteiger partial charge in [0.2, 0.25) is 0 Å². The van der Waals surface area contributed by atoms with Crippen LogP contribution in [0.3, 0.4) is 0 Å². The summed E-state index contributed by atoms with van der Waals surface area (Å²) < 4.78 is 10.8. The minimum atomic E-state index is 0.565. The quantitative estimate of drug-likeness (QED) is 0.748. The van der Waals surface area contributed by atoms with Gasteiger partial charge in [-0.15, -0.1) is 0 Å². The van der Waals surface area contributed by atoms with E-state index in [1.807, 2.05) is 12.3 Å². The second-order valence-corrected chi connectivity index (χ2v) is 5.49. The van der Waals surface area contributed by atoms with E-state index in [0.717, 1.165) is 36.6 Å². The standard InChI is InChI=1S/C16H24N2O2/c1-11(2)18(3)7-6-12-10-17-14-9-16(20-5)15(19-4)8-13(12)14/h9-11H,6-8H2,1-5H3. The number of ether oxygens (including phenoxy) is 2. The molecule has 0 atom stereocenters. The fourth-order valence-corrected chi connectivity index (χ4v) is 2.36. The van der Waals surface area contributed by atoms with Crippen molar-refractivity contribution in [2.75, 3.05) is 27.8 Å². The molecule has 0 radical (unpaired) electrons. The number of aliphatic imine (C=N–C) groups is 1. The van der Waals surface area contributed by atoms with Gasteiger partial charge in [0.05, 0.1) is 19.9 Å². The highest BCUT2D eigenvalue weighted by Gasteiger charge is 2.24. The van der Waals surface area contributed by atoms with E-state index in [2.05, 4.69) is 30.8 Å². The maximum Gasteiger partial charge on any atom is 0.158 e. The molecule has 0 spiro atoms. The van der Waals surface area contributed by atoms with E-state index in [0.29, 0.717) is 6.04 Å². The largest absolute Gasteiger partial charge is 0.497 e. The molecule has 2 aliphatic rings. The average Bonchev–Trinajstić information content (AvgIpc) is 2.84. The first kappa shape index (κ1) is 14.9. The van der Waals surface area contributed by atoms with Crippen LogP contribution >= 0.6 is 0 Å². The molecule has 0 amide bonds. The van der Waals surface area contributed by atoms with Gasteiger partial charge in [0.15, 0.2) is 5.76 Å². The number of nitrogens with zero attached hydrogens (tertiary/aromatic N) is 2. The lowest BCUT2D eigenvalue weighted by atomic mass is 9.97. The lowest BCUT2D eigenvalue weighted by Gasteiger charge is -2.22. The van der Waals surface area contributed by atoms with Crippen LogP contribution in [0.2, 0.25) is 0 Å². The minimum Gasteiger partial charge on any atom is -0.497 e. The third-order valence-electron chi connectivity index (χ3n) is 4.02. The molecule has 0 N–H and O–H groups in total. The third kappa shape index (κ3) is 2.96. The number of methoxy groups -OCH3 is 2. The van der Waals surface area contributed by atoms with Crippen molar-refractivity contribution in [2.45, 2.75) is 32.7 Å². The maximum atomic E-state index is 5.42. The van der Waals surface area contributed by atoms with E-state index in [-0.39, 0.29) is 0 Å². The van der Waals surface area contributed by atoms with Crippen LogP contribution in [0.15, 0.2) is 39.4 Å². The van der Waals surface area contributed by atoms with Crippen molar-refractivity contribution in [1.29, 1.82) is 0 Å². The van der Waals surface area contributed by atoms with Crippen LogP contribution in [0.4, 0.5) is 0 Å². The first-order chi connectivity index (χ1) is 9.56. The zero-order valence-electron chi connectivity index (χ0n) is 13.1. The molecule has 20 heavy (non-hydrogen) atoms. The van der Waals surface area contributed by atoms with Crippen molar-refractivity contribution >= 4 is 6.21 Å². The van der Waals surface area contributed by atoms with Gasteiger partial charge in [0.25, 0.3) is 0 Å². The van der Waals surface area contributed by atoms with Crippen molar-refractivity contribution in [1.82, 2.24) is 4.90 Å². The van der Waals surface area contributed by atoms with Crippen molar-refractivity contribution < 1.29 is 9.47 Å². The summed E-state index contributed by atoms with van der Waals surface area (Å²) >= 11 is 0. The van der Waals surface area contributed by atoms with E-state index < -0.39 is 0 Å². The molecule has 4 heteroatoms. The fourth-order valence-electron chi connectivity index (χ4n) is 2.36. The van der Waals surface area contributed by atoms with E-state index in [1.54, 1.807) is 14.2 Å². The summed E-state index contributed by atoms with van der Waals surface area (Å²) in [5.41, 5.74) is 3.61. The molecular formula is C16H24N2O2. The van der Waals surface area contributed by atoms with Gasteiger partial charge < -0.3 is 14.4 Å². The molecule has 0 aromatic heterocycles. The summed E-state index contributed by atoms with van der Waals surface area (Å²) in [6.45, 7) is 5.46. The normalized spacial score (nSPS) is 18.1. The van der Waals surface area contributed by atoms with Crippen molar-refractivity contribution in [3.05, 3.63) is 34.4 Å². The molecule has 1 aliphatic carbocycles. The highest BCUT2D eigenvalue weighted by atomic mass is 16.5. The molecule has 1 heterocycles. The topological polar surface area (TPSA) is 34.1 Å². The summed E-state index contributed by atoms with van der Waals surface area (Å²) in [6.07, 6.45) is 5.74. The summed E-state index contributed by atoms with van der Waals surface area (Å²) in [5.74, 6) is 1.66. The highest BCUT2D eigenvalue weighted by Crippen LogP contribution is 2.35. The predicted molar refractivity (Wildman–Crippen MR) is 81.6 cm³/mol. The highest BCUT2D eigenvalue weighted by molar-refractivity contribution is 5.87. The van der Waals surface area contributed by atoms with Gasteiger partial charge in [-0.2, -0.15) is 0 Å². The summed E-state index contributed by atoms with van der Waals surface area (Å²) in [4.78, 5) is 6.85.